The summed E-state index contributed by atoms with van der Waals surface area (Å²) in [5.74, 6) is 0.255. The van der Waals surface area contributed by atoms with Crippen molar-refractivity contribution in [2.45, 2.75) is 46.3 Å². The van der Waals surface area contributed by atoms with Gasteiger partial charge in [-0.2, -0.15) is 0 Å². The average Bonchev–Trinajstić information content (AvgIpc) is 3.07. The van der Waals surface area contributed by atoms with E-state index in [0.29, 0.717) is 37.6 Å². The number of benzene rings is 2. The first-order chi connectivity index (χ1) is 16.0. The maximum absolute atomic E-state index is 13.5. The van der Waals surface area contributed by atoms with E-state index in [1.54, 1.807) is 0 Å². The van der Waals surface area contributed by atoms with Crippen LogP contribution in [0.3, 0.4) is 0 Å². The van der Waals surface area contributed by atoms with Crippen molar-refractivity contribution in [1.82, 2.24) is 9.80 Å². The molecule has 6 heteroatoms. The summed E-state index contributed by atoms with van der Waals surface area (Å²) in [4.78, 5) is 30.4. The molecule has 0 spiro atoms. The Morgan fingerprint density at radius 2 is 1.67 bits per heavy atom. The second-order valence-corrected chi connectivity index (χ2v) is 8.72. The Morgan fingerprint density at radius 1 is 0.939 bits per heavy atom. The maximum atomic E-state index is 13.5. The van der Waals surface area contributed by atoms with Crippen molar-refractivity contribution in [1.29, 1.82) is 0 Å². The third-order valence-electron chi connectivity index (χ3n) is 5.97. The Bertz CT molecular complexity index is 1040. The number of rotatable bonds is 9. The van der Waals surface area contributed by atoms with Gasteiger partial charge in [0.1, 0.15) is 11.4 Å². The molecule has 2 aliphatic heterocycles. The molecule has 2 aliphatic rings. The van der Waals surface area contributed by atoms with E-state index in [-0.39, 0.29) is 24.5 Å². The van der Waals surface area contributed by atoms with Crippen molar-refractivity contribution in [2.24, 2.45) is 0 Å². The highest BCUT2D eigenvalue weighted by atomic mass is 16.5. The maximum Gasteiger partial charge on any atom is 0.277 e. The zero-order valence-electron chi connectivity index (χ0n) is 19.7. The Hall–Kier alpha value is -3.12. The largest absolute Gasteiger partial charge is 0.494 e. The number of hydrogen-bond donors (Lipinski definition) is 0. The van der Waals surface area contributed by atoms with Gasteiger partial charge in [0.05, 0.1) is 31.4 Å². The third kappa shape index (κ3) is 4.96. The minimum absolute atomic E-state index is 0.0407. The van der Waals surface area contributed by atoms with Gasteiger partial charge in [0.25, 0.3) is 11.8 Å². The molecule has 0 saturated heterocycles. The molecule has 6 nitrogen and oxygen atoms in total. The van der Waals surface area contributed by atoms with Gasteiger partial charge >= 0.3 is 0 Å². The van der Waals surface area contributed by atoms with E-state index in [4.69, 9.17) is 9.47 Å². The number of carbonyl (C=O) groups excluding carboxylic acids is 2. The monoisotopic (exact) mass is 448 g/mol. The third-order valence-corrected chi connectivity index (χ3v) is 5.97. The van der Waals surface area contributed by atoms with E-state index in [1.807, 2.05) is 50.2 Å². The van der Waals surface area contributed by atoms with Gasteiger partial charge in [-0.05, 0) is 55.5 Å². The van der Waals surface area contributed by atoms with Crippen LogP contribution in [0.5, 0.6) is 5.75 Å². The van der Waals surface area contributed by atoms with E-state index in [1.165, 1.54) is 16.0 Å². The number of amides is 2. The van der Waals surface area contributed by atoms with Gasteiger partial charge < -0.3 is 14.4 Å². The Kier molecular flexibility index (Phi) is 7.14. The lowest BCUT2D eigenvalue weighted by atomic mass is 9.98. The van der Waals surface area contributed by atoms with Crippen LogP contribution in [-0.2, 0) is 27.3 Å². The molecule has 33 heavy (non-hydrogen) atoms. The highest BCUT2D eigenvalue weighted by Gasteiger charge is 2.42. The number of hydrogen-bond acceptors (Lipinski definition) is 5. The highest BCUT2D eigenvalue weighted by Crippen LogP contribution is 2.35. The average molecular weight is 449 g/mol. The van der Waals surface area contributed by atoms with E-state index in [9.17, 15) is 9.59 Å². The number of ether oxygens (including phenoxy) is 2. The highest BCUT2D eigenvalue weighted by molar-refractivity contribution is 6.35. The lowest BCUT2D eigenvalue weighted by molar-refractivity contribution is -0.138. The van der Waals surface area contributed by atoms with Crippen molar-refractivity contribution >= 4 is 17.4 Å². The summed E-state index contributed by atoms with van der Waals surface area (Å²) in [6.45, 7) is 8.45. The van der Waals surface area contributed by atoms with Crippen LogP contribution in [0.2, 0.25) is 0 Å². The molecule has 2 aromatic rings. The summed E-state index contributed by atoms with van der Waals surface area (Å²) in [6.07, 6.45) is 1.81. The second-order valence-electron chi connectivity index (χ2n) is 8.72. The minimum atomic E-state index is -0.261. The van der Waals surface area contributed by atoms with Crippen LogP contribution in [0, 0.1) is 0 Å². The lowest BCUT2D eigenvalue weighted by Gasteiger charge is -2.31. The summed E-state index contributed by atoms with van der Waals surface area (Å²) in [7, 11) is 0. The lowest BCUT2D eigenvalue weighted by Crippen LogP contribution is -2.39. The van der Waals surface area contributed by atoms with Crippen molar-refractivity contribution < 1.29 is 19.1 Å². The Morgan fingerprint density at radius 3 is 2.36 bits per heavy atom. The van der Waals surface area contributed by atoms with Gasteiger partial charge in [0.2, 0.25) is 0 Å². The molecule has 2 aromatic carbocycles. The zero-order valence-corrected chi connectivity index (χ0v) is 19.7. The first-order valence-corrected chi connectivity index (χ1v) is 11.8. The zero-order chi connectivity index (χ0) is 23.4. The van der Waals surface area contributed by atoms with Crippen LogP contribution < -0.4 is 4.74 Å². The van der Waals surface area contributed by atoms with Crippen LogP contribution in [-0.4, -0.2) is 54.0 Å². The molecule has 2 heterocycles. The molecular weight excluding hydrogens is 416 g/mol. The summed E-state index contributed by atoms with van der Waals surface area (Å²) < 4.78 is 11.3. The fourth-order valence-electron chi connectivity index (χ4n) is 4.32. The van der Waals surface area contributed by atoms with Crippen LogP contribution >= 0.6 is 0 Å². The van der Waals surface area contributed by atoms with Crippen molar-refractivity contribution in [3.8, 4) is 5.75 Å². The van der Waals surface area contributed by atoms with Crippen molar-refractivity contribution in [2.75, 3.05) is 26.3 Å². The Balaban J connectivity index is 1.66. The van der Waals surface area contributed by atoms with Gasteiger partial charge in [-0.3, -0.25) is 14.5 Å². The van der Waals surface area contributed by atoms with Crippen LogP contribution in [0.15, 0.2) is 54.2 Å². The summed E-state index contributed by atoms with van der Waals surface area (Å²) in [6, 6.07) is 15.8. The summed E-state index contributed by atoms with van der Waals surface area (Å²) in [5.41, 5.74) is 4.18. The quantitative estimate of drug-likeness (QED) is 0.542. The molecule has 0 N–H and O–H groups in total. The number of imide groups is 1. The molecule has 4 rings (SSSR count). The van der Waals surface area contributed by atoms with Crippen molar-refractivity contribution in [3.63, 3.8) is 0 Å². The number of carbonyl (C=O) groups is 2. The smallest absolute Gasteiger partial charge is 0.277 e. The molecule has 174 valence electrons. The molecule has 0 saturated carbocycles. The van der Waals surface area contributed by atoms with Crippen LogP contribution in [0.1, 0.15) is 43.9 Å². The van der Waals surface area contributed by atoms with Crippen LogP contribution in [0.4, 0.5) is 0 Å². The standard InChI is InChI=1S/C27H32N2O4/c1-4-16-33-23-11-9-21(10-12-23)24-25(27(31)29(26(24)30)15-17-32-19(2)3)28-14-13-20-7-5-6-8-22(20)18-28/h5-12,19H,4,13-18H2,1-3H3. The molecule has 0 aliphatic carbocycles. The van der Waals surface area contributed by atoms with Gasteiger partial charge in [-0.15, -0.1) is 0 Å². The van der Waals surface area contributed by atoms with E-state index < -0.39 is 0 Å². The van der Waals surface area contributed by atoms with E-state index in [2.05, 4.69) is 24.0 Å². The first kappa shape index (κ1) is 23.1. The van der Waals surface area contributed by atoms with Gasteiger partial charge in [0.15, 0.2) is 0 Å². The van der Waals surface area contributed by atoms with E-state index >= 15 is 0 Å². The molecule has 0 fully saturated rings. The summed E-state index contributed by atoms with van der Waals surface area (Å²) in [5, 5.41) is 0. The normalized spacial score (nSPS) is 16.1. The first-order valence-electron chi connectivity index (χ1n) is 11.8. The molecule has 0 atom stereocenters. The topological polar surface area (TPSA) is 59.1 Å². The molecule has 0 bridgehead atoms. The summed E-state index contributed by atoms with van der Waals surface area (Å²) >= 11 is 0. The predicted octanol–water partition coefficient (Wildman–Crippen LogP) is 4.04. The Labute approximate surface area is 195 Å². The van der Waals surface area contributed by atoms with E-state index in [0.717, 1.165) is 24.2 Å². The molecule has 0 unspecified atom stereocenters. The van der Waals surface area contributed by atoms with Gasteiger partial charge in [0, 0.05) is 13.1 Å². The van der Waals surface area contributed by atoms with Crippen molar-refractivity contribution in [3.05, 3.63) is 70.9 Å². The SMILES string of the molecule is CCCOc1ccc(C2=C(N3CCc4ccccc4C3)C(=O)N(CCOC(C)C)C2=O)cc1. The van der Waals surface area contributed by atoms with Gasteiger partial charge in [-0.1, -0.05) is 43.3 Å². The molecular formula is C27H32N2O4. The number of nitrogens with zero attached hydrogens (tertiary/aromatic N) is 2. The second kappa shape index (κ2) is 10.2. The predicted molar refractivity (Wildman–Crippen MR) is 128 cm³/mol. The molecule has 2 amide bonds. The van der Waals surface area contributed by atoms with Crippen LogP contribution in [0.25, 0.3) is 5.57 Å². The fraction of sp³-hybridized carbons (Fsp3) is 0.407. The fourth-order valence-corrected chi connectivity index (χ4v) is 4.32. The van der Waals surface area contributed by atoms with Gasteiger partial charge in [-0.25, -0.2) is 0 Å². The molecule has 0 aromatic heterocycles. The number of fused-ring (bicyclic) bond motifs is 1. The molecule has 0 radical (unpaired) electrons. The minimum Gasteiger partial charge on any atom is -0.494 e.